The fraction of sp³-hybridized carbons (Fsp3) is 0.818. The highest BCUT2D eigenvalue weighted by Gasteiger charge is 2.38. The minimum Gasteiger partial charge on any atom is -0.374 e. The van der Waals surface area contributed by atoms with Crippen molar-refractivity contribution in [2.24, 2.45) is 5.73 Å². The van der Waals surface area contributed by atoms with Crippen molar-refractivity contribution in [3.63, 3.8) is 0 Å². The van der Waals surface area contributed by atoms with E-state index in [-0.39, 0.29) is 37.0 Å². The first-order valence-electron chi connectivity index (χ1n) is 6.10. The van der Waals surface area contributed by atoms with Crippen molar-refractivity contribution < 1.29 is 14.3 Å². The second-order valence-corrected chi connectivity index (χ2v) is 4.48. The molecule has 2 rings (SSSR count). The predicted octanol–water partition coefficient (Wildman–Crippen LogP) is -1.16. The Balaban J connectivity index is 1.87. The van der Waals surface area contributed by atoms with Crippen LogP contribution in [-0.4, -0.2) is 55.1 Å². The van der Waals surface area contributed by atoms with Crippen LogP contribution in [0.5, 0.6) is 0 Å². The smallest absolute Gasteiger partial charge is 0.242 e. The average molecular weight is 241 g/mol. The third-order valence-electron chi connectivity index (χ3n) is 3.42. The second kappa shape index (κ2) is 5.46. The molecule has 3 N–H and O–H groups in total. The SMILES string of the molecule is NCC(=O)NCC(=O)N1CCOC2CCCC21. The summed E-state index contributed by atoms with van der Waals surface area (Å²) in [5, 5.41) is 2.51. The lowest BCUT2D eigenvalue weighted by atomic mass is 10.1. The molecule has 6 nitrogen and oxygen atoms in total. The van der Waals surface area contributed by atoms with Crippen LogP contribution in [0.2, 0.25) is 0 Å². The second-order valence-electron chi connectivity index (χ2n) is 4.48. The highest BCUT2D eigenvalue weighted by Crippen LogP contribution is 2.29. The Bertz CT molecular complexity index is 308. The summed E-state index contributed by atoms with van der Waals surface area (Å²) in [6.45, 7) is 1.18. The molecule has 0 spiro atoms. The summed E-state index contributed by atoms with van der Waals surface area (Å²) < 4.78 is 5.63. The number of carbonyl (C=O) groups excluding carboxylic acids is 2. The van der Waals surface area contributed by atoms with E-state index in [2.05, 4.69) is 5.32 Å². The molecular formula is C11H19N3O3. The molecule has 96 valence electrons. The van der Waals surface area contributed by atoms with Crippen LogP contribution >= 0.6 is 0 Å². The van der Waals surface area contributed by atoms with Crippen molar-refractivity contribution in [1.82, 2.24) is 10.2 Å². The van der Waals surface area contributed by atoms with E-state index in [0.29, 0.717) is 13.2 Å². The van der Waals surface area contributed by atoms with Gasteiger partial charge < -0.3 is 20.7 Å². The van der Waals surface area contributed by atoms with Gasteiger partial charge in [-0.3, -0.25) is 9.59 Å². The van der Waals surface area contributed by atoms with Crippen LogP contribution in [0, 0.1) is 0 Å². The van der Waals surface area contributed by atoms with E-state index < -0.39 is 0 Å². The Hall–Kier alpha value is -1.14. The van der Waals surface area contributed by atoms with Crippen molar-refractivity contribution in [3.05, 3.63) is 0 Å². The van der Waals surface area contributed by atoms with Crippen LogP contribution in [0.4, 0.5) is 0 Å². The molecule has 0 aromatic carbocycles. The Morgan fingerprint density at radius 1 is 1.41 bits per heavy atom. The molecule has 1 saturated carbocycles. The molecule has 2 fully saturated rings. The molecule has 2 amide bonds. The first-order valence-corrected chi connectivity index (χ1v) is 6.10. The number of hydrogen-bond donors (Lipinski definition) is 2. The summed E-state index contributed by atoms with van der Waals surface area (Å²) in [6.07, 6.45) is 3.33. The lowest BCUT2D eigenvalue weighted by Gasteiger charge is -2.37. The maximum absolute atomic E-state index is 12.0. The summed E-state index contributed by atoms with van der Waals surface area (Å²) >= 11 is 0. The number of amides is 2. The Labute approximate surface area is 100 Å². The van der Waals surface area contributed by atoms with Gasteiger partial charge in [0.25, 0.3) is 0 Å². The third-order valence-corrected chi connectivity index (χ3v) is 3.42. The van der Waals surface area contributed by atoms with Gasteiger partial charge in [-0.15, -0.1) is 0 Å². The Morgan fingerprint density at radius 2 is 2.24 bits per heavy atom. The van der Waals surface area contributed by atoms with E-state index >= 15 is 0 Å². The molecule has 0 aromatic rings. The highest BCUT2D eigenvalue weighted by molar-refractivity contribution is 5.85. The fourth-order valence-corrected chi connectivity index (χ4v) is 2.58. The van der Waals surface area contributed by atoms with Crippen LogP contribution in [0.25, 0.3) is 0 Å². The van der Waals surface area contributed by atoms with E-state index in [1.54, 1.807) is 0 Å². The lowest BCUT2D eigenvalue weighted by molar-refractivity contribution is -0.144. The highest BCUT2D eigenvalue weighted by atomic mass is 16.5. The summed E-state index contributed by atoms with van der Waals surface area (Å²) in [6, 6.07) is 0.200. The van der Waals surface area contributed by atoms with Crippen molar-refractivity contribution in [2.45, 2.75) is 31.4 Å². The normalized spacial score (nSPS) is 27.7. The summed E-state index contributed by atoms with van der Waals surface area (Å²) in [5.41, 5.74) is 5.17. The van der Waals surface area contributed by atoms with Crippen LogP contribution in [0.1, 0.15) is 19.3 Å². The molecule has 0 aromatic heterocycles. The van der Waals surface area contributed by atoms with Gasteiger partial charge in [-0.25, -0.2) is 0 Å². The van der Waals surface area contributed by atoms with Gasteiger partial charge in [0.1, 0.15) is 0 Å². The van der Waals surface area contributed by atoms with E-state index in [1.807, 2.05) is 4.90 Å². The standard InChI is InChI=1S/C11H19N3O3/c12-6-10(15)13-7-11(16)14-4-5-17-9-3-1-2-8(9)14/h8-9H,1-7,12H2,(H,13,15). The number of carbonyl (C=O) groups is 2. The first kappa shape index (κ1) is 12.3. The molecule has 1 aliphatic heterocycles. The number of nitrogens with two attached hydrogens (primary N) is 1. The zero-order valence-electron chi connectivity index (χ0n) is 9.85. The maximum atomic E-state index is 12.0. The van der Waals surface area contributed by atoms with Crippen LogP contribution in [-0.2, 0) is 14.3 Å². The number of hydrogen-bond acceptors (Lipinski definition) is 4. The number of rotatable bonds is 3. The molecule has 0 radical (unpaired) electrons. The largest absolute Gasteiger partial charge is 0.374 e. The minimum absolute atomic E-state index is 0.0352. The molecule has 0 bridgehead atoms. The zero-order chi connectivity index (χ0) is 12.3. The van der Waals surface area contributed by atoms with Crippen molar-refractivity contribution in [1.29, 1.82) is 0 Å². The van der Waals surface area contributed by atoms with E-state index in [1.165, 1.54) is 0 Å². The molecule has 2 atom stereocenters. The monoisotopic (exact) mass is 241 g/mol. The molecule has 1 aliphatic carbocycles. The van der Waals surface area contributed by atoms with Crippen molar-refractivity contribution in [3.8, 4) is 0 Å². The van der Waals surface area contributed by atoms with Crippen LogP contribution in [0.3, 0.4) is 0 Å². The number of morpholine rings is 1. The van der Waals surface area contributed by atoms with E-state index in [4.69, 9.17) is 10.5 Å². The fourth-order valence-electron chi connectivity index (χ4n) is 2.58. The van der Waals surface area contributed by atoms with Gasteiger partial charge in [0.15, 0.2) is 0 Å². The van der Waals surface area contributed by atoms with Crippen molar-refractivity contribution in [2.75, 3.05) is 26.2 Å². The van der Waals surface area contributed by atoms with Crippen molar-refractivity contribution >= 4 is 11.8 Å². The van der Waals surface area contributed by atoms with Crippen LogP contribution < -0.4 is 11.1 Å². The van der Waals surface area contributed by atoms with E-state index in [9.17, 15) is 9.59 Å². The molecule has 6 heteroatoms. The van der Waals surface area contributed by atoms with Gasteiger partial charge in [0.2, 0.25) is 11.8 Å². The predicted molar refractivity (Wildman–Crippen MR) is 61.2 cm³/mol. The lowest BCUT2D eigenvalue weighted by Crippen LogP contribution is -2.54. The van der Waals surface area contributed by atoms with Gasteiger partial charge in [0, 0.05) is 6.54 Å². The Morgan fingerprint density at radius 3 is 3.00 bits per heavy atom. The maximum Gasteiger partial charge on any atom is 0.242 e. The third kappa shape index (κ3) is 2.76. The molecule has 1 saturated heterocycles. The molecule has 2 unspecified atom stereocenters. The summed E-state index contributed by atoms with van der Waals surface area (Å²) in [4.78, 5) is 24.8. The topological polar surface area (TPSA) is 84.7 Å². The molecule has 2 aliphatic rings. The number of nitrogens with zero attached hydrogens (tertiary/aromatic N) is 1. The van der Waals surface area contributed by atoms with Gasteiger partial charge in [-0.05, 0) is 19.3 Å². The minimum atomic E-state index is -0.297. The average Bonchev–Trinajstić information content (AvgIpc) is 2.83. The quantitative estimate of drug-likeness (QED) is 0.653. The zero-order valence-corrected chi connectivity index (χ0v) is 9.85. The van der Waals surface area contributed by atoms with Gasteiger partial charge in [-0.2, -0.15) is 0 Å². The van der Waals surface area contributed by atoms with E-state index in [0.717, 1.165) is 19.3 Å². The summed E-state index contributed by atoms with van der Waals surface area (Å²) in [5.74, 6) is -0.332. The van der Waals surface area contributed by atoms with Gasteiger partial charge in [-0.1, -0.05) is 0 Å². The number of ether oxygens (including phenoxy) is 1. The molecule has 17 heavy (non-hydrogen) atoms. The van der Waals surface area contributed by atoms with Gasteiger partial charge >= 0.3 is 0 Å². The number of fused-ring (bicyclic) bond motifs is 1. The molecular weight excluding hydrogens is 222 g/mol. The summed E-state index contributed by atoms with van der Waals surface area (Å²) in [7, 11) is 0. The number of nitrogens with one attached hydrogen (secondary N) is 1. The Kier molecular flexibility index (Phi) is 3.96. The van der Waals surface area contributed by atoms with Crippen LogP contribution in [0.15, 0.2) is 0 Å². The first-order chi connectivity index (χ1) is 8.22. The molecule has 1 heterocycles. The van der Waals surface area contributed by atoms with Gasteiger partial charge in [0.05, 0.1) is 31.8 Å².